The highest BCUT2D eigenvalue weighted by atomic mass is 16.3. The van der Waals surface area contributed by atoms with E-state index in [1.54, 1.807) is 0 Å². The Labute approximate surface area is 210 Å². The number of aliphatic imine (C=N–C) groups is 1. The number of allylic oxidation sites excluding steroid dienone is 2. The maximum Gasteiger partial charge on any atom is 0.209 e. The molecule has 35 heavy (non-hydrogen) atoms. The Morgan fingerprint density at radius 3 is 2.29 bits per heavy atom. The van der Waals surface area contributed by atoms with Gasteiger partial charge in [-0.3, -0.25) is 9.89 Å². The van der Waals surface area contributed by atoms with E-state index in [1.165, 1.54) is 33.1 Å². The van der Waals surface area contributed by atoms with Crippen LogP contribution < -0.4 is 10.0 Å². The summed E-state index contributed by atoms with van der Waals surface area (Å²) in [4.78, 5) is 6.29. The molecule has 182 valence electrons. The molecule has 3 aliphatic rings. The second kappa shape index (κ2) is 8.30. The molecule has 0 fully saturated rings. The lowest BCUT2D eigenvalue weighted by molar-refractivity contribution is -0.849. The van der Waals surface area contributed by atoms with Crippen LogP contribution in [-0.4, -0.2) is 41.7 Å². The highest BCUT2D eigenvalue weighted by molar-refractivity contribution is 6.26. The molecule has 4 heteroatoms. The van der Waals surface area contributed by atoms with Gasteiger partial charge in [-0.15, -0.1) is 0 Å². The van der Waals surface area contributed by atoms with Crippen LogP contribution in [-0.2, 0) is 10.8 Å². The van der Waals surface area contributed by atoms with Crippen LogP contribution in [0.25, 0.3) is 0 Å². The van der Waals surface area contributed by atoms with E-state index in [-0.39, 0.29) is 22.6 Å². The first kappa shape index (κ1) is 23.7. The zero-order valence-corrected chi connectivity index (χ0v) is 22.2. The van der Waals surface area contributed by atoms with E-state index in [1.807, 2.05) is 0 Å². The Kier molecular flexibility index (Phi) is 5.63. The molecular weight excluding hydrogens is 430 g/mol. The predicted molar refractivity (Wildman–Crippen MR) is 142 cm³/mol. The zero-order valence-electron chi connectivity index (χ0n) is 22.2. The number of para-hydroxylation sites is 2. The Morgan fingerprint density at radius 1 is 0.971 bits per heavy atom. The van der Waals surface area contributed by atoms with Gasteiger partial charge >= 0.3 is 0 Å². The summed E-state index contributed by atoms with van der Waals surface area (Å²) in [6, 6.07) is 17.4. The van der Waals surface area contributed by atoms with Gasteiger partial charge in [-0.05, 0) is 60.1 Å². The lowest BCUT2D eigenvalue weighted by Gasteiger charge is -2.42. The second-order valence-corrected chi connectivity index (χ2v) is 11.0. The molecule has 2 aromatic rings. The molecule has 2 aromatic carbocycles. The number of likely N-dealkylation sites (N-methyl/N-ethyl adjacent to an activating group) is 1. The summed E-state index contributed by atoms with van der Waals surface area (Å²) < 4.78 is 2.36. The molecule has 0 bridgehead atoms. The van der Waals surface area contributed by atoms with Crippen molar-refractivity contribution in [3.63, 3.8) is 0 Å². The fourth-order valence-corrected chi connectivity index (χ4v) is 6.75. The summed E-state index contributed by atoms with van der Waals surface area (Å²) in [5.41, 5.74) is 8.69. The average molecular weight is 469 g/mol. The minimum atomic E-state index is -0.170. The maximum atomic E-state index is 14.0. The molecular formula is C31H38N3O+. The van der Waals surface area contributed by atoms with E-state index >= 15 is 0 Å². The standard InChI is InChI=1S/C31H37N3O/c1-8-32-27-20(19-25-30(4,5)21-15-11-13-17-23(21)33(25)9-2)28(35)26(27)29-31(6,7)22-16-12-14-18-24(22)34(29)10-3/h11-19,29H,8-10H2,1-7H3/p+1/b20-19-. The largest absolute Gasteiger partial charge is 0.872 e. The molecule has 5 rings (SSSR count). The Hall–Kier alpha value is -2.98. The fraction of sp³-hybridized carbons (Fsp3) is 0.419. The van der Waals surface area contributed by atoms with Gasteiger partial charge in [0.05, 0.1) is 23.1 Å². The van der Waals surface area contributed by atoms with Gasteiger partial charge in [-0.1, -0.05) is 42.2 Å². The van der Waals surface area contributed by atoms with Crippen LogP contribution in [0.2, 0.25) is 0 Å². The van der Waals surface area contributed by atoms with Crippen molar-refractivity contribution in [2.45, 2.75) is 65.3 Å². The highest BCUT2D eigenvalue weighted by Crippen LogP contribution is 2.45. The average Bonchev–Trinajstić information content (AvgIpc) is 3.21. The number of nitrogens with zero attached hydrogens (tertiary/aromatic N) is 2. The van der Waals surface area contributed by atoms with Crippen molar-refractivity contribution in [1.82, 2.24) is 0 Å². The second-order valence-electron chi connectivity index (χ2n) is 11.0. The number of hydrogen-bond acceptors (Lipinski definition) is 2. The van der Waals surface area contributed by atoms with Crippen molar-refractivity contribution in [1.29, 1.82) is 0 Å². The molecule has 4 nitrogen and oxygen atoms in total. The van der Waals surface area contributed by atoms with Crippen LogP contribution in [0.1, 0.15) is 59.6 Å². The first-order chi connectivity index (χ1) is 16.7. The van der Waals surface area contributed by atoms with Crippen LogP contribution >= 0.6 is 0 Å². The maximum absolute atomic E-state index is 14.0. The molecule has 2 unspecified atom stereocenters. The van der Waals surface area contributed by atoms with Gasteiger partial charge in [0.2, 0.25) is 5.69 Å². The Balaban J connectivity index is 1.66. The molecule has 2 heterocycles. The number of quaternary nitrogens is 1. The number of fused-ring (bicyclic) bond motifs is 2. The Bertz CT molecular complexity index is 1320. The monoisotopic (exact) mass is 468 g/mol. The van der Waals surface area contributed by atoms with E-state index in [9.17, 15) is 5.11 Å². The van der Waals surface area contributed by atoms with Gasteiger partial charge in [0.25, 0.3) is 0 Å². The van der Waals surface area contributed by atoms with Crippen molar-refractivity contribution in [3.8, 4) is 0 Å². The summed E-state index contributed by atoms with van der Waals surface area (Å²) in [6.45, 7) is 18.0. The van der Waals surface area contributed by atoms with Gasteiger partial charge in [0, 0.05) is 35.4 Å². The minimum absolute atomic E-state index is 0.0703. The number of rotatable bonds is 5. The summed E-state index contributed by atoms with van der Waals surface area (Å²) in [6.07, 6.45) is 2.14. The van der Waals surface area contributed by atoms with E-state index in [2.05, 4.69) is 108 Å². The molecule has 0 aromatic heterocycles. The number of benzene rings is 2. The topological polar surface area (TPSA) is 42.9 Å². The van der Waals surface area contributed by atoms with Crippen LogP contribution in [0.15, 0.2) is 76.5 Å². The lowest BCUT2D eigenvalue weighted by Crippen LogP contribution is -3.11. The molecule has 0 amide bonds. The van der Waals surface area contributed by atoms with Gasteiger partial charge in [0.15, 0.2) is 5.71 Å². The van der Waals surface area contributed by atoms with Crippen molar-refractivity contribution in [2.75, 3.05) is 19.6 Å². The third-order valence-electron chi connectivity index (χ3n) is 8.42. The first-order valence-electron chi connectivity index (χ1n) is 13.1. The van der Waals surface area contributed by atoms with Crippen LogP contribution in [0.4, 0.5) is 11.4 Å². The molecule has 0 saturated carbocycles. The number of nitrogens with one attached hydrogen (secondary N) is 1. The summed E-state index contributed by atoms with van der Waals surface area (Å²) in [5, 5.41) is 14.0. The molecule has 0 radical (unpaired) electrons. The summed E-state index contributed by atoms with van der Waals surface area (Å²) in [7, 11) is 0. The van der Waals surface area contributed by atoms with Crippen LogP contribution in [0.3, 0.4) is 0 Å². The van der Waals surface area contributed by atoms with E-state index in [0.29, 0.717) is 6.54 Å². The molecule has 2 aliphatic heterocycles. The third-order valence-corrected chi connectivity index (χ3v) is 8.42. The predicted octanol–water partition coefficient (Wildman–Crippen LogP) is 3.99. The fourth-order valence-electron chi connectivity index (χ4n) is 6.75. The van der Waals surface area contributed by atoms with Crippen molar-refractivity contribution < 1.29 is 14.6 Å². The molecule has 0 spiro atoms. The van der Waals surface area contributed by atoms with E-state index < -0.39 is 0 Å². The van der Waals surface area contributed by atoms with Crippen molar-refractivity contribution >= 4 is 22.8 Å². The van der Waals surface area contributed by atoms with Gasteiger partial charge in [-0.2, -0.15) is 4.58 Å². The third kappa shape index (κ3) is 3.22. The summed E-state index contributed by atoms with van der Waals surface area (Å²) >= 11 is 0. The van der Waals surface area contributed by atoms with E-state index in [0.717, 1.165) is 29.9 Å². The normalized spacial score (nSPS) is 26.4. The zero-order chi connectivity index (χ0) is 25.1. The lowest BCUT2D eigenvalue weighted by atomic mass is 9.70. The Morgan fingerprint density at radius 2 is 1.63 bits per heavy atom. The minimum Gasteiger partial charge on any atom is -0.872 e. The highest BCUT2D eigenvalue weighted by Gasteiger charge is 2.54. The summed E-state index contributed by atoms with van der Waals surface area (Å²) in [5.74, 6) is 0.171. The van der Waals surface area contributed by atoms with Crippen LogP contribution in [0.5, 0.6) is 0 Å². The van der Waals surface area contributed by atoms with E-state index in [4.69, 9.17) is 4.99 Å². The molecule has 1 aliphatic carbocycles. The van der Waals surface area contributed by atoms with Crippen LogP contribution in [0, 0.1) is 0 Å². The van der Waals surface area contributed by atoms with Gasteiger partial charge in [0.1, 0.15) is 18.3 Å². The smallest absolute Gasteiger partial charge is 0.209 e. The SMILES string of the molecule is CCN=C1C(C2[NH+](CC)c3ccccc3C2(C)C)=C([O-])/C1=C\C1=[N+](CC)c2ccccc2C1(C)C. The quantitative estimate of drug-likeness (QED) is 0.663. The van der Waals surface area contributed by atoms with Crippen molar-refractivity contribution in [2.24, 2.45) is 4.99 Å². The number of hydrogen-bond donors (Lipinski definition) is 1. The van der Waals surface area contributed by atoms with Gasteiger partial charge < -0.3 is 5.11 Å². The molecule has 0 saturated heterocycles. The van der Waals surface area contributed by atoms with Gasteiger partial charge in [-0.25, -0.2) is 0 Å². The first-order valence-corrected chi connectivity index (χ1v) is 13.1. The van der Waals surface area contributed by atoms with Crippen molar-refractivity contribution in [3.05, 3.63) is 82.6 Å². The molecule has 2 atom stereocenters. The molecule has 1 N–H and O–H groups in total.